The predicted molar refractivity (Wildman–Crippen MR) is 105 cm³/mol. The summed E-state index contributed by atoms with van der Waals surface area (Å²) < 4.78 is 0. The molecule has 0 bridgehead atoms. The smallest absolute Gasteiger partial charge is 0.240 e. The maximum absolute atomic E-state index is 13.0. The molecule has 3 rings (SSSR count). The van der Waals surface area contributed by atoms with E-state index in [1.54, 1.807) is 0 Å². The van der Waals surface area contributed by atoms with Crippen molar-refractivity contribution >= 4 is 23.2 Å². The number of anilines is 2. The summed E-state index contributed by atoms with van der Waals surface area (Å²) in [6, 6.07) is 13.7. The van der Waals surface area contributed by atoms with Crippen LogP contribution < -0.4 is 10.6 Å². The van der Waals surface area contributed by atoms with Gasteiger partial charge in [-0.2, -0.15) is 0 Å². The van der Waals surface area contributed by atoms with E-state index < -0.39 is 5.41 Å². The molecular weight excluding hydrogens is 324 g/mol. The van der Waals surface area contributed by atoms with Crippen LogP contribution in [0.25, 0.3) is 0 Å². The van der Waals surface area contributed by atoms with Gasteiger partial charge in [-0.15, -0.1) is 0 Å². The van der Waals surface area contributed by atoms with Crippen LogP contribution in [0.3, 0.4) is 0 Å². The Hall–Kier alpha value is -2.62. The van der Waals surface area contributed by atoms with E-state index in [2.05, 4.69) is 24.5 Å². The molecule has 0 heterocycles. The van der Waals surface area contributed by atoms with E-state index in [4.69, 9.17) is 0 Å². The van der Waals surface area contributed by atoms with Gasteiger partial charge in [-0.05, 0) is 61.4 Å². The molecule has 1 aliphatic rings. The van der Waals surface area contributed by atoms with Crippen molar-refractivity contribution in [1.82, 2.24) is 0 Å². The number of carbonyl (C=O) groups is 2. The van der Waals surface area contributed by atoms with Crippen molar-refractivity contribution in [3.8, 4) is 0 Å². The lowest BCUT2D eigenvalue weighted by Gasteiger charge is -2.19. The van der Waals surface area contributed by atoms with Gasteiger partial charge in [0.05, 0.1) is 0 Å². The van der Waals surface area contributed by atoms with Gasteiger partial charge in [0.2, 0.25) is 11.8 Å². The third kappa shape index (κ3) is 3.50. The first-order valence-electron chi connectivity index (χ1n) is 9.30. The van der Waals surface area contributed by atoms with Crippen molar-refractivity contribution in [2.45, 2.75) is 46.5 Å². The second-order valence-corrected chi connectivity index (χ2v) is 7.02. The summed E-state index contributed by atoms with van der Waals surface area (Å²) >= 11 is 0. The lowest BCUT2D eigenvalue weighted by molar-refractivity contribution is -0.131. The maximum Gasteiger partial charge on any atom is 0.240 e. The zero-order chi connectivity index (χ0) is 18.7. The van der Waals surface area contributed by atoms with Crippen LogP contribution in [0.1, 0.15) is 43.4 Å². The summed E-state index contributed by atoms with van der Waals surface area (Å²) in [5.74, 6) is -0.411. The van der Waals surface area contributed by atoms with E-state index in [1.807, 2.05) is 49.4 Å². The number of rotatable bonds is 6. The van der Waals surface area contributed by atoms with Gasteiger partial charge in [-0.1, -0.05) is 44.2 Å². The van der Waals surface area contributed by atoms with Crippen LogP contribution in [0.15, 0.2) is 42.5 Å². The second-order valence-electron chi connectivity index (χ2n) is 7.02. The van der Waals surface area contributed by atoms with Crippen LogP contribution >= 0.6 is 0 Å². The highest BCUT2D eigenvalue weighted by atomic mass is 16.2. The average molecular weight is 350 g/mol. The number of aryl methyl sites for hydroxylation is 3. The minimum atomic E-state index is -0.949. The fourth-order valence-corrected chi connectivity index (χ4v) is 3.29. The third-order valence-electron chi connectivity index (χ3n) is 5.13. The number of amides is 2. The minimum Gasteiger partial charge on any atom is -0.325 e. The van der Waals surface area contributed by atoms with Crippen molar-refractivity contribution in [2.75, 3.05) is 10.6 Å². The van der Waals surface area contributed by atoms with Gasteiger partial charge in [-0.25, -0.2) is 0 Å². The fourth-order valence-electron chi connectivity index (χ4n) is 3.29. The maximum atomic E-state index is 13.0. The van der Waals surface area contributed by atoms with Crippen LogP contribution in [-0.2, 0) is 22.4 Å². The number of para-hydroxylation sites is 1. The first-order valence-corrected chi connectivity index (χ1v) is 9.30. The van der Waals surface area contributed by atoms with Crippen LogP contribution in [0.2, 0.25) is 0 Å². The quantitative estimate of drug-likeness (QED) is 0.755. The Bertz CT molecular complexity index is 816. The first-order chi connectivity index (χ1) is 12.5. The molecule has 0 aliphatic heterocycles. The number of nitrogens with one attached hydrogen (secondary N) is 2. The summed E-state index contributed by atoms with van der Waals surface area (Å²) in [7, 11) is 0. The highest BCUT2D eigenvalue weighted by molar-refractivity contribution is 6.17. The zero-order valence-electron chi connectivity index (χ0n) is 15.7. The van der Waals surface area contributed by atoms with Crippen LogP contribution in [-0.4, -0.2) is 11.8 Å². The number of carbonyl (C=O) groups excluding carboxylic acids is 2. The lowest BCUT2D eigenvalue weighted by atomic mass is 10.0. The fraction of sp³-hybridized carbons (Fsp3) is 0.364. The van der Waals surface area contributed by atoms with Crippen molar-refractivity contribution in [3.63, 3.8) is 0 Å². The van der Waals surface area contributed by atoms with Crippen molar-refractivity contribution in [1.29, 1.82) is 0 Å². The number of hydrogen-bond acceptors (Lipinski definition) is 2. The molecule has 136 valence electrons. The second kappa shape index (κ2) is 7.32. The van der Waals surface area contributed by atoms with Gasteiger partial charge in [-0.3, -0.25) is 9.59 Å². The van der Waals surface area contributed by atoms with Gasteiger partial charge in [0.25, 0.3) is 0 Å². The van der Waals surface area contributed by atoms with Crippen LogP contribution in [0, 0.1) is 12.3 Å². The summed E-state index contributed by atoms with van der Waals surface area (Å²) in [6.45, 7) is 6.12. The molecule has 0 saturated heterocycles. The van der Waals surface area contributed by atoms with Crippen LogP contribution in [0.5, 0.6) is 0 Å². The number of benzene rings is 2. The monoisotopic (exact) mass is 350 g/mol. The predicted octanol–water partition coefficient (Wildman–Crippen LogP) is 4.48. The topological polar surface area (TPSA) is 58.2 Å². The molecule has 2 N–H and O–H groups in total. The average Bonchev–Trinajstić information content (AvgIpc) is 3.44. The Labute approximate surface area is 155 Å². The molecule has 0 radical (unpaired) electrons. The standard InChI is InChI=1S/C22H26N2O2/c1-4-16-9-7-10-17(5-2)19(16)24-21(26)22(12-13-22)20(25)23-18-11-6-8-15(3)14-18/h6-11,14H,4-5,12-13H2,1-3H3,(H,23,25)(H,24,26). The molecule has 0 spiro atoms. The highest BCUT2D eigenvalue weighted by Gasteiger charge is 2.56. The van der Waals surface area contributed by atoms with Gasteiger partial charge < -0.3 is 10.6 Å². The Morgan fingerprint density at radius 1 is 0.923 bits per heavy atom. The molecule has 0 aromatic heterocycles. The summed E-state index contributed by atoms with van der Waals surface area (Å²) in [5.41, 5.74) is 3.94. The number of hydrogen-bond donors (Lipinski definition) is 2. The van der Waals surface area contributed by atoms with Crippen molar-refractivity contribution in [3.05, 3.63) is 59.2 Å². The Morgan fingerprint density at radius 2 is 1.50 bits per heavy atom. The molecule has 1 fully saturated rings. The molecule has 1 aliphatic carbocycles. The van der Waals surface area contributed by atoms with E-state index in [1.165, 1.54) is 0 Å². The van der Waals surface area contributed by atoms with Crippen LogP contribution in [0.4, 0.5) is 11.4 Å². The van der Waals surface area contributed by atoms with E-state index in [-0.39, 0.29) is 11.8 Å². The van der Waals surface area contributed by atoms with E-state index in [0.717, 1.165) is 40.9 Å². The normalized spacial score (nSPS) is 14.6. The lowest BCUT2D eigenvalue weighted by Crippen LogP contribution is -2.36. The highest BCUT2D eigenvalue weighted by Crippen LogP contribution is 2.48. The molecular formula is C22H26N2O2. The molecule has 0 atom stereocenters. The molecule has 1 saturated carbocycles. The van der Waals surface area contributed by atoms with Gasteiger partial charge in [0.1, 0.15) is 5.41 Å². The molecule has 2 aromatic rings. The SMILES string of the molecule is CCc1cccc(CC)c1NC(=O)C1(C(=O)Nc2cccc(C)c2)CC1. The molecule has 2 aromatic carbocycles. The minimum absolute atomic E-state index is 0.196. The van der Waals surface area contributed by atoms with E-state index in [0.29, 0.717) is 12.8 Å². The molecule has 0 unspecified atom stereocenters. The van der Waals surface area contributed by atoms with Crippen molar-refractivity contribution < 1.29 is 9.59 Å². The Kier molecular flexibility index (Phi) is 5.12. The largest absolute Gasteiger partial charge is 0.325 e. The molecule has 26 heavy (non-hydrogen) atoms. The van der Waals surface area contributed by atoms with Gasteiger partial charge >= 0.3 is 0 Å². The van der Waals surface area contributed by atoms with Gasteiger partial charge in [0, 0.05) is 11.4 Å². The molecule has 4 heteroatoms. The molecule has 4 nitrogen and oxygen atoms in total. The summed E-state index contributed by atoms with van der Waals surface area (Å²) in [6.07, 6.45) is 2.86. The van der Waals surface area contributed by atoms with E-state index >= 15 is 0 Å². The van der Waals surface area contributed by atoms with Crippen molar-refractivity contribution in [2.24, 2.45) is 5.41 Å². The molecule has 2 amide bonds. The van der Waals surface area contributed by atoms with E-state index in [9.17, 15) is 9.59 Å². The third-order valence-corrected chi connectivity index (χ3v) is 5.13. The Morgan fingerprint density at radius 3 is 2.04 bits per heavy atom. The zero-order valence-corrected chi connectivity index (χ0v) is 15.7. The van der Waals surface area contributed by atoms with Gasteiger partial charge in [0.15, 0.2) is 0 Å². The Balaban J connectivity index is 1.78. The summed E-state index contributed by atoms with van der Waals surface area (Å²) in [4.78, 5) is 25.7. The summed E-state index contributed by atoms with van der Waals surface area (Å²) in [5, 5.41) is 5.97. The first kappa shape index (κ1) is 18.2.